The lowest BCUT2D eigenvalue weighted by molar-refractivity contribution is -0.122. The number of unbranched alkanes of at least 4 members (excludes halogenated alkanes) is 1. The molecule has 5 nitrogen and oxygen atoms in total. The molecule has 5 heteroatoms. The molecule has 0 radical (unpaired) electrons. The molecule has 1 fully saturated rings. The van der Waals surface area contributed by atoms with Gasteiger partial charge in [-0.3, -0.25) is 9.69 Å². The van der Waals surface area contributed by atoms with Gasteiger partial charge < -0.3 is 10.6 Å². The van der Waals surface area contributed by atoms with Gasteiger partial charge in [-0.2, -0.15) is 5.26 Å². The van der Waals surface area contributed by atoms with Crippen molar-refractivity contribution in [2.24, 2.45) is 0 Å². The summed E-state index contributed by atoms with van der Waals surface area (Å²) in [5, 5.41) is 14.5. The van der Waals surface area contributed by atoms with Gasteiger partial charge in [0.1, 0.15) is 0 Å². The molecule has 0 unspecified atom stereocenters. The highest BCUT2D eigenvalue weighted by Crippen LogP contribution is 1.94. The van der Waals surface area contributed by atoms with Gasteiger partial charge in [-0.05, 0) is 25.9 Å². The van der Waals surface area contributed by atoms with Crippen LogP contribution in [0.3, 0.4) is 0 Å². The van der Waals surface area contributed by atoms with E-state index in [1.54, 1.807) is 0 Å². The van der Waals surface area contributed by atoms with Gasteiger partial charge in [0.15, 0.2) is 0 Å². The number of nitrogens with zero attached hydrogens (tertiary/aromatic N) is 2. The van der Waals surface area contributed by atoms with E-state index in [1.807, 2.05) is 0 Å². The number of hydrogen-bond donors (Lipinski definition) is 2. The first-order valence-electron chi connectivity index (χ1n) is 5.89. The molecule has 0 aromatic rings. The van der Waals surface area contributed by atoms with Crippen molar-refractivity contribution >= 4 is 5.91 Å². The maximum Gasteiger partial charge on any atom is 0.234 e. The Balaban J connectivity index is 2.10. The molecule has 90 valence electrons. The van der Waals surface area contributed by atoms with Crippen LogP contribution in [0.25, 0.3) is 0 Å². The number of amides is 1. The summed E-state index contributed by atoms with van der Waals surface area (Å²) in [4.78, 5) is 13.7. The lowest BCUT2D eigenvalue weighted by Crippen LogP contribution is -2.39. The van der Waals surface area contributed by atoms with Crippen molar-refractivity contribution in [1.82, 2.24) is 15.5 Å². The van der Waals surface area contributed by atoms with Gasteiger partial charge >= 0.3 is 0 Å². The van der Waals surface area contributed by atoms with Gasteiger partial charge in [-0.1, -0.05) is 0 Å². The van der Waals surface area contributed by atoms with Crippen LogP contribution in [0, 0.1) is 11.3 Å². The van der Waals surface area contributed by atoms with Crippen LogP contribution in [0.4, 0.5) is 0 Å². The standard InChI is InChI=1S/C11H20N4O/c12-4-1-2-6-14-11(16)10-15-8-3-5-13-7-9-15/h13H,1-3,5-10H2,(H,14,16). The van der Waals surface area contributed by atoms with Crippen molar-refractivity contribution in [2.45, 2.75) is 19.3 Å². The minimum Gasteiger partial charge on any atom is -0.355 e. The molecule has 1 amide bonds. The van der Waals surface area contributed by atoms with Crippen LogP contribution in [0.1, 0.15) is 19.3 Å². The number of carbonyl (C=O) groups is 1. The fraction of sp³-hybridized carbons (Fsp3) is 0.818. The molecular formula is C11H20N4O. The topological polar surface area (TPSA) is 68.2 Å². The summed E-state index contributed by atoms with van der Waals surface area (Å²) in [6.45, 7) is 5.01. The van der Waals surface area contributed by atoms with E-state index < -0.39 is 0 Å². The summed E-state index contributed by atoms with van der Waals surface area (Å²) in [7, 11) is 0. The molecule has 1 heterocycles. The first-order valence-corrected chi connectivity index (χ1v) is 5.89. The molecule has 1 aliphatic rings. The smallest absolute Gasteiger partial charge is 0.234 e. The summed E-state index contributed by atoms with van der Waals surface area (Å²) in [5.74, 6) is 0.0693. The molecular weight excluding hydrogens is 204 g/mol. The summed E-state index contributed by atoms with van der Waals surface area (Å²) >= 11 is 0. The van der Waals surface area contributed by atoms with Gasteiger partial charge in [0.25, 0.3) is 0 Å². The van der Waals surface area contributed by atoms with E-state index in [-0.39, 0.29) is 5.91 Å². The van der Waals surface area contributed by atoms with Crippen LogP contribution in [-0.2, 0) is 4.79 Å². The third-order valence-electron chi connectivity index (χ3n) is 2.59. The predicted octanol–water partition coefficient (Wildman–Crippen LogP) is -0.298. The Kier molecular flexibility index (Phi) is 6.54. The average molecular weight is 224 g/mol. The van der Waals surface area contributed by atoms with E-state index in [4.69, 9.17) is 5.26 Å². The second-order valence-corrected chi connectivity index (χ2v) is 3.99. The third-order valence-corrected chi connectivity index (χ3v) is 2.59. The zero-order valence-electron chi connectivity index (χ0n) is 9.67. The van der Waals surface area contributed by atoms with E-state index in [9.17, 15) is 4.79 Å². The number of nitrogens with one attached hydrogen (secondary N) is 2. The predicted molar refractivity (Wildman–Crippen MR) is 61.8 cm³/mol. The summed E-state index contributed by atoms with van der Waals surface area (Å²) in [6, 6.07) is 2.06. The van der Waals surface area contributed by atoms with Crippen molar-refractivity contribution in [3.63, 3.8) is 0 Å². The normalized spacial score (nSPS) is 17.4. The highest BCUT2D eigenvalue weighted by Gasteiger charge is 2.11. The fourth-order valence-electron chi connectivity index (χ4n) is 1.71. The molecule has 2 N–H and O–H groups in total. The molecule has 1 rings (SSSR count). The van der Waals surface area contributed by atoms with Gasteiger partial charge in [0, 0.05) is 26.1 Å². The van der Waals surface area contributed by atoms with Crippen LogP contribution in [0.2, 0.25) is 0 Å². The van der Waals surface area contributed by atoms with E-state index in [2.05, 4.69) is 21.6 Å². The average Bonchev–Trinajstić information content (AvgIpc) is 2.53. The number of rotatable bonds is 5. The summed E-state index contributed by atoms with van der Waals surface area (Å²) in [6.07, 6.45) is 2.35. The number of hydrogen-bond acceptors (Lipinski definition) is 4. The van der Waals surface area contributed by atoms with Crippen molar-refractivity contribution in [1.29, 1.82) is 5.26 Å². The Morgan fingerprint density at radius 1 is 1.44 bits per heavy atom. The van der Waals surface area contributed by atoms with Crippen LogP contribution >= 0.6 is 0 Å². The van der Waals surface area contributed by atoms with Crippen molar-refractivity contribution in [3.05, 3.63) is 0 Å². The third kappa shape index (κ3) is 5.69. The SMILES string of the molecule is N#CCCCNC(=O)CN1CCCNCC1. The quantitative estimate of drug-likeness (QED) is 0.629. The molecule has 0 atom stereocenters. The summed E-state index contributed by atoms with van der Waals surface area (Å²) < 4.78 is 0. The number of carbonyl (C=O) groups excluding carboxylic acids is 1. The molecule has 0 aliphatic carbocycles. The fourth-order valence-corrected chi connectivity index (χ4v) is 1.71. The van der Waals surface area contributed by atoms with E-state index in [0.29, 0.717) is 19.5 Å². The number of nitriles is 1. The maximum atomic E-state index is 11.5. The molecule has 0 spiro atoms. The van der Waals surface area contributed by atoms with Crippen LogP contribution in [-0.4, -0.2) is 50.1 Å². The first kappa shape index (κ1) is 12.9. The maximum absolute atomic E-state index is 11.5. The lowest BCUT2D eigenvalue weighted by atomic mass is 10.3. The molecule has 0 saturated carbocycles. The Morgan fingerprint density at radius 3 is 3.12 bits per heavy atom. The van der Waals surface area contributed by atoms with E-state index in [1.165, 1.54) is 0 Å². The first-order chi connectivity index (χ1) is 7.83. The van der Waals surface area contributed by atoms with E-state index >= 15 is 0 Å². The molecule has 0 aromatic carbocycles. The van der Waals surface area contributed by atoms with Crippen LogP contribution in [0.5, 0.6) is 0 Å². The minimum absolute atomic E-state index is 0.0693. The van der Waals surface area contributed by atoms with Gasteiger partial charge in [0.2, 0.25) is 5.91 Å². The minimum atomic E-state index is 0.0693. The lowest BCUT2D eigenvalue weighted by Gasteiger charge is -2.18. The molecule has 0 aromatic heterocycles. The van der Waals surface area contributed by atoms with Crippen LogP contribution in [0.15, 0.2) is 0 Å². The van der Waals surface area contributed by atoms with Gasteiger partial charge in [-0.15, -0.1) is 0 Å². The Labute approximate surface area is 96.8 Å². The highest BCUT2D eigenvalue weighted by atomic mass is 16.2. The molecule has 0 bridgehead atoms. The second kappa shape index (κ2) is 8.08. The zero-order valence-corrected chi connectivity index (χ0v) is 9.67. The molecule has 1 saturated heterocycles. The Morgan fingerprint density at radius 2 is 2.31 bits per heavy atom. The monoisotopic (exact) mass is 224 g/mol. The largest absolute Gasteiger partial charge is 0.355 e. The Hall–Kier alpha value is -1.12. The van der Waals surface area contributed by atoms with Crippen LogP contribution < -0.4 is 10.6 Å². The van der Waals surface area contributed by atoms with E-state index in [0.717, 1.165) is 39.0 Å². The van der Waals surface area contributed by atoms with Gasteiger partial charge in [-0.25, -0.2) is 0 Å². The van der Waals surface area contributed by atoms with Crippen molar-refractivity contribution < 1.29 is 4.79 Å². The van der Waals surface area contributed by atoms with Gasteiger partial charge in [0.05, 0.1) is 12.6 Å². The molecule has 16 heavy (non-hydrogen) atoms. The second-order valence-electron chi connectivity index (χ2n) is 3.99. The zero-order chi connectivity index (χ0) is 11.6. The Bertz CT molecular complexity index is 241. The summed E-state index contributed by atoms with van der Waals surface area (Å²) in [5.41, 5.74) is 0. The van der Waals surface area contributed by atoms with Crippen molar-refractivity contribution in [2.75, 3.05) is 39.3 Å². The van der Waals surface area contributed by atoms with Crippen molar-refractivity contribution in [3.8, 4) is 6.07 Å². The molecule has 1 aliphatic heterocycles. The highest BCUT2D eigenvalue weighted by molar-refractivity contribution is 5.77.